The van der Waals surface area contributed by atoms with Crippen LogP contribution in [0.4, 0.5) is 4.79 Å². The van der Waals surface area contributed by atoms with Crippen LogP contribution in [0.25, 0.3) is 0 Å². The molecule has 6 heteroatoms. The number of rotatable bonds is 5. The summed E-state index contributed by atoms with van der Waals surface area (Å²) in [6.07, 6.45) is 7.85. The van der Waals surface area contributed by atoms with E-state index >= 15 is 0 Å². The Hall–Kier alpha value is -1.69. The third-order valence-electron chi connectivity index (χ3n) is 4.16. The number of hydrogen-bond donors (Lipinski definition) is 0. The molecule has 1 fully saturated rings. The topological polar surface area (TPSA) is 64.5 Å². The lowest BCUT2D eigenvalue weighted by atomic mass is 9.94. The predicted molar refractivity (Wildman–Crippen MR) is 91.5 cm³/mol. The first-order valence-electron chi connectivity index (χ1n) is 8.70. The van der Waals surface area contributed by atoms with Gasteiger partial charge in [-0.15, -0.1) is 0 Å². The normalized spacial score (nSPS) is 17.6. The third kappa shape index (κ3) is 6.07. The Bertz CT molecular complexity index is 508. The fourth-order valence-electron chi connectivity index (χ4n) is 2.75. The van der Waals surface area contributed by atoms with Gasteiger partial charge in [-0.1, -0.05) is 0 Å². The van der Waals surface area contributed by atoms with Crippen LogP contribution in [0.3, 0.4) is 0 Å². The lowest BCUT2D eigenvalue weighted by molar-refractivity contribution is 0.0142. The van der Waals surface area contributed by atoms with E-state index in [4.69, 9.17) is 9.47 Å². The van der Waals surface area contributed by atoms with E-state index in [0.717, 1.165) is 38.0 Å². The monoisotopic (exact) mass is 335 g/mol. The molecule has 1 aliphatic heterocycles. The van der Waals surface area contributed by atoms with Crippen LogP contribution < -0.4 is 0 Å². The number of nitrogens with zero attached hydrogens (tertiary/aromatic N) is 3. The molecule has 134 valence electrons. The fourth-order valence-corrected chi connectivity index (χ4v) is 2.75. The smallest absolute Gasteiger partial charge is 0.410 e. The molecule has 0 bridgehead atoms. The molecule has 24 heavy (non-hydrogen) atoms. The van der Waals surface area contributed by atoms with E-state index in [1.54, 1.807) is 18.6 Å². The van der Waals surface area contributed by atoms with Gasteiger partial charge in [-0.25, -0.2) is 4.79 Å². The fraction of sp³-hybridized carbons (Fsp3) is 0.722. The van der Waals surface area contributed by atoms with Crippen LogP contribution in [0.1, 0.15) is 58.8 Å². The number of amides is 1. The van der Waals surface area contributed by atoms with Gasteiger partial charge < -0.3 is 14.4 Å². The van der Waals surface area contributed by atoms with Gasteiger partial charge in [0.15, 0.2) is 0 Å². The number of carbonyl (C=O) groups excluding carboxylic acids is 1. The highest BCUT2D eigenvalue weighted by Gasteiger charge is 2.26. The van der Waals surface area contributed by atoms with Gasteiger partial charge in [0.1, 0.15) is 5.60 Å². The Balaban J connectivity index is 1.65. The summed E-state index contributed by atoms with van der Waals surface area (Å²) in [5.41, 5.74) is 0.426. The van der Waals surface area contributed by atoms with Gasteiger partial charge in [-0.3, -0.25) is 9.97 Å². The summed E-state index contributed by atoms with van der Waals surface area (Å²) < 4.78 is 11.3. The SMILES string of the molecule is C[C@@H](OCCC1CCN(C(=O)OC(C)(C)C)CC1)c1cnccn1. The van der Waals surface area contributed by atoms with E-state index < -0.39 is 5.60 Å². The average molecular weight is 335 g/mol. The molecule has 1 aromatic heterocycles. The standard InChI is InChI=1S/C18H29N3O3/c1-14(16-13-19-8-9-20-16)23-12-7-15-5-10-21(11-6-15)17(22)24-18(2,3)4/h8-9,13-15H,5-7,10-12H2,1-4H3/t14-/m1/s1. The van der Waals surface area contributed by atoms with Crippen molar-refractivity contribution in [3.63, 3.8) is 0 Å². The van der Waals surface area contributed by atoms with Gasteiger partial charge in [0, 0.05) is 32.1 Å². The molecule has 0 aromatic carbocycles. The Morgan fingerprint density at radius 3 is 2.62 bits per heavy atom. The van der Waals surface area contributed by atoms with E-state index in [9.17, 15) is 4.79 Å². The summed E-state index contributed by atoms with van der Waals surface area (Å²) in [7, 11) is 0. The van der Waals surface area contributed by atoms with Crippen LogP contribution in [-0.2, 0) is 9.47 Å². The minimum absolute atomic E-state index is 0.0412. The molecule has 1 amide bonds. The summed E-state index contributed by atoms with van der Waals surface area (Å²) in [6.45, 7) is 9.91. The molecule has 1 aliphatic rings. The van der Waals surface area contributed by atoms with Crippen LogP contribution in [0.2, 0.25) is 0 Å². The zero-order valence-electron chi connectivity index (χ0n) is 15.2. The maximum Gasteiger partial charge on any atom is 0.410 e. The maximum atomic E-state index is 12.0. The van der Waals surface area contributed by atoms with Crippen molar-refractivity contribution >= 4 is 6.09 Å². The van der Waals surface area contributed by atoms with Crippen molar-refractivity contribution in [3.8, 4) is 0 Å². The molecular weight excluding hydrogens is 306 g/mol. The zero-order valence-corrected chi connectivity index (χ0v) is 15.2. The van der Waals surface area contributed by atoms with E-state index in [1.165, 1.54) is 0 Å². The highest BCUT2D eigenvalue weighted by atomic mass is 16.6. The molecule has 1 aromatic rings. The first-order valence-corrected chi connectivity index (χ1v) is 8.70. The molecule has 0 spiro atoms. The van der Waals surface area contributed by atoms with Gasteiger partial charge in [0.2, 0.25) is 0 Å². The molecule has 0 saturated carbocycles. The molecule has 0 N–H and O–H groups in total. The second-order valence-electron chi connectivity index (χ2n) is 7.34. The number of carbonyl (C=O) groups is 1. The third-order valence-corrected chi connectivity index (χ3v) is 4.16. The van der Waals surface area contributed by atoms with E-state index in [-0.39, 0.29) is 12.2 Å². The number of likely N-dealkylation sites (tertiary alicyclic amines) is 1. The van der Waals surface area contributed by atoms with Crippen LogP contribution in [0.5, 0.6) is 0 Å². The first kappa shape index (κ1) is 18.6. The molecule has 1 atom stereocenters. The van der Waals surface area contributed by atoms with Crippen molar-refractivity contribution in [1.29, 1.82) is 0 Å². The first-order chi connectivity index (χ1) is 11.3. The Kier molecular flexibility index (Phi) is 6.54. The Morgan fingerprint density at radius 2 is 2.04 bits per heavy atom. The van der Waals surface area contributed by atoms with Gasteiger partial charge in [0.25, 0.3) is 0 Å². The number of ether oxygens (including phenoxy) is 2. The molecule has 1 saturated heterocycles. The highest BCUT2D eigenvalue weighted by molar-refractivity contribution is 5.68. The predicted octanol–water partition coefficient (Wildman–Crippen LogP) is 3.59. The minimum atomic E-state index is -0.432. The molecule has 0 radical (unpaired) electrons. The van der Waals surface area contributed by atoms with Crippen molar-refractivity contribution < 1.29 is 14.3 Å². The zero-order chi connectivity index (χ0) is 17.6. The summed E-state index contributed by atoms with van der Waals surface area (Å²) in [5, 5.41) is 0. The van der Waals surface area contributed by atoms with E-state index in [0.29, 0.717) is 12.5 Å². The second kappa shape index (κ2) is 8.42. The van der Waals surface area contributed by atoms with Crippen LogP contribution in [0.15, 0.2) is 18.6 Å². The van der Waals surface area contributed by atoms with Crippen molar-refractivity contribution in [3.05, 3.63) is 24.3 Å². The largest absolute Gasteiger partial charge is 0.444 e. The lowest BCUT2D eigenvalue weighted by Gasteiger charge is -2.33. The van der Waals surface area contributed by atoms with Crippen molar-refractivity contribution in [2.75, 3.05) is 19.7 Å². The summed E-state index contributed by atoms with van der Waals surface area (Å²) in [5.74, 6) is 0.595. The van der Waals surface area contributed by atoms with Crippen molar-refractivity contribution in [2.24, 2.45) is 5.92 Å². The van der Waals surface area contributed by atoms with Crippen molar-refractivity contribution in [1.82, 2.24) is 14.9 Å². The molecule has 0 aliphatic carbocycles. The Labute approximate surface area is 144 Å². The highest BCUT2D eigenvalue weighted by Crippen LogP contribution is 2.23. The van der Waals surface area contributed by atoms with E-state index in [1.807, 2.05) is 32.6 Å². The molecule has 2 rings (SSSR count). The summed E-state index contributed by atoms with van der Waals surface area (Å²) in [4.78, 5) is 22.2. The quantitative estimate of drug-likeness (QED) is 0.823. The molecule has 2 heterocycles. The van der Waals surface area contributed by atoms with Crippen LogP contribution in [-0.4, -0.2) is 46.3 Å². The maximum absolute atomic E-state index is 12.0. The Morgan fingerprint density at radius 1 is 1.33 bits per heavy atom. The van der Waals surface area contributed by atoms with Crippen LogP contribution in [0, 0.1) is 5.92 Å². The lowest BCUT2D eigenvalue weighted by Crippen LogP contribution is -2.41. The number of aromatic nitrogens is 2. The van der Waals surface area contributed by atoms with Crippen molar-refractivity contribution in [2.45, 2.75) is 58.7 Å². The molecule has 6 nitrogen and oxygen atoms in total. The van der Waals surface area contributed by atoms with Gasteiger partial charge >= 0.3 is 6.09 Å². The average Bonchev–Trinajstić information content (AvgIpc) is 2.54. The number of hydrogen-bond acceptors (Lipinski definition) is 5. The van der Waals surface area contributed by atoms with Gasteiger partial charge in [0.05, 0.1) is 18.0 Å². The van der Waals surface area contributed by atoms with Gasteiger partial charge in [-0.2, -0.15) is 0 Å². The van der Waals surface area contributed by atoms with E-state index in [2.05, 4.69) is 9.97 Å². The minimum Gasteiger partial charge on any atom is -0.444 e. The summed E-state index contributed by atoms with van der Waals surface area (Å²) in [6, 6.07) is 0. The number of piperidine rings is 1. The molecular formula is C18H29N3O3. The summed E-state index contributed by atoms with van der Waals surface area (Å²) >= 11 is 0. The second-order valence-corrected chi connectivity index (χ2v) is 7.34. The molecule has 0 unspecified atom stereocenters. The van der Waals surface area contributed by atoms with Crippen LogP contribution >= 0.6 is 0 Å². The van der Waals surface area contributed by atoms with Gasteiger partial charge in [-0.05, 0) is 52.9 Å².